The molecule has 2 atom stereocenters. The zero-order valence-corrected chi connectivity index (χ0v) is 11.1. The topological polar surface area (TPSA) is 70.1 Å². The average molecular weight is 271 g/mol. The molecule has 2 heterocycles. The van der Waals surface area contributed by atoms with Crippen molar-refractivity contribution in [3.63, 3.8) is 0 Å². The smallest absolute Gasteiger partial charge is 0.209 e. The molecule has 2 aromatic rings. The maximum atomic E-state index is 12.5. The molecule has 0 radical (unpaired) electrons. The van der Waals surface area contributed by atoms with E-state index in [1.54, 1.807) is 16.9 Å². The maximum Gasteiger partial charge on any atom is 0.209 e. The summed E-state index contributed by atoms with van der Waals surface area (Å²) in [5.74, 6) is -0.0256. The normalized spacial score (nSPS) is 22.1. The summed E-state index contributed by atoms with van der Waals surface area (Å²) in [5.41, 5.74) is 7.01. The molecule has 1 aromatic heterocycles. The van der Waals surface area contributed by atoms with Gasteiger partial charge in [-0.05, 0) is 31.0 Å². The lowest BCUT2D eigenvalue weighted by atomic mass is 10.1. The van der Waals surface area contributed by atoms with Crippen LogP contribution in [0.2, 0.25) is 0 Å². The molecule has 0 spiro atoms. The van der Waals surface area contributed by atoms with Crippen molar-refractivity contribution in [1.29, 1.82) is 0 Å². The van der Waals surface area contributed by atoms with Crippen LogP contribution in [0.25, 0.3) is 5.69 Å². The first kappa shape index (κ1) is 13.0. The van der Waals surface area contributed by atoms with E-state index in [-0.39, 0.29) is 11.9 Å². The number of nitrogens with two attached hydrogens (primary N) is 1. The van der Waals surface area contributed by atoms with Crippen LogP contribution in [0.15, 0.2) is 42.6 Å². The number of carbonyl (C=O) groups excluding carboxylic acids is 1. The minimum Gasteiger partial charge on any atom is -0.365 e. The van der Waals surface area contributed by atoms with Crippen molar-refractivity contribution in [2.24, 2.45) is 5.73 Å². The molecule has 5 nitrogen and oxygen atoms in total. The maximum absolute atomic E-state index is 12.5. The van der Waals surface area contributed by atoms with Gasteiger partial charge in [-0.1, -0.05) is 18.2 Å². The van der Waals surface area contributed by atoms with E-state index in [2.05, 4.69) is 5.10 Å². The van der Waals surface area contributed by atoms with Crippen LogP contribution >= 0.6 is 0 Å². The number of ether oxygens (including phenoxy) is 1. The van der Waals surface area contributed by atoms with Gasteiger partial charge in [-0.15, -0.1) is 0 Å². The fourth-order valence-corrected chi connectivity index (χ4v) is 2.50. The van der Waals surface area contributed by atoms with Gasteiger partial charge < -0.3 is 10.5 Å². The number of Topliss-reactive ketones (excluding diaryl/α,β-unsaturated/α-hetero) is 1. The second-order valence-electron chi connectivity index (χ2n) is 4.89. The second-order valence-corrected chi connectivity index (χ2v) is 4.89. The highest BCUT2D eigenvalue weighted by Gasteiger charge is 2.32. The Hall–Kier alpha value is -1.98. The molecular weight excluding hydrogens is 254 g/mol. The van der Waals surface area contributed by atoms with Crippen molar-refractivity contribution in [3.05, 3.63) is 48.3 Å². The number of ketones is 1. The first-order valence-corrected chi connectivity index (χ1v) is 6.79. The molecule has 2 N–H and O–H groups in total. The third-order valence-corrected chi connectivity index (χ3v) is 3.56. The van der Waals surface area contributed by atoms with Gasteiger partial charge in [0.15, 0.2) is 0 Å². The number of para-hydroxylation sites is 1. The van der Waals surface area contributed by atoms with E-state index in [0.717, 1.165) is 18.5 Å². The van der Waals surface area contributed by atoms with Crippen molar-refractivity contribution in [3.8, 4) is 5.69 Å². The van der Waals surface area contributed by atoms with Gasteiger partial charge in [-0.3, -0.25) is 4.79 Å². The van der Waals surface area contributed by atoms with Crippen molar-refractivity contribution in [1.82, 2.24) is 9.78 Å². The molecule has 1 fully saturated rings. The summed E-state index contributed by atoms with van der Waals surface area (Å²) in [6, 6.07) is 11.3. The number of rotatable bonds is 4. The van der Waals surface area contributed by atoms with Gasteiger partial charge in [-0.2, -0.15) is 5.10 Å². The molecule has 20 heavy (non-hydrogen) atoms. The van der Waals surface area contributed by atoms with E-state index in [9.17, 15) is 4.79 Å². The molecule has 0 aliphatic carbocycles. The lowest BCUT2D eigenvalue weighted by Crippen LogP contribution is -2.26. The Balaban J connectivity index is 1.85. The summed E-state index contributed by atoms with van der Waals surface area (Å²) >= 11 is 0. The molecule has 5 heteroatoms. The van der Waals surface area contributed by atoms with Gasteiger partial charge in [0.25, 0.3) is 0 Å². The highest BCUT2D eigenvalue weighted by Crippen LogP contribution is 2.23. The standard InChI is InChI=1S/C15H17N3O2/c16-10-12-6-7-14(20-12)15(19)13-8-9-17-18(13)11-4-2-1-3-5-11/h1-5,8-9,12,14H,6-7,10,16H2. The molecule has 0 bridgehead atoms. The molecule has 2 unspecified atom stereocenters. The van der Waals surface area contributed by atoms with Crippen molar-refractivity contribution in [2.45, 2.75) is 25.0 Å². The van der Waals surface area contributed by atoms with Crippen molar-refractivity contribution < 1.29 is 9.53 Å². The molecule has 104 valence electrons. The zero-order chi connectivity index (χ0) is 13.9. The summed E-state index contributed by atoms with van der Waals surface area (Å²) in [6.07, 6.45) is 2.79. The second kappa shape index (κ2) is 5.56. The zero-order valence-electron chi connectivity index (χ0n) is 11.1. The van der Waals surface area contributed by atoms with Crippen LogP contribution in [0.3, 0.4) is 0 Å². The third kappa shape index (κ3) is 2.37. The fourth-order valence-electron chi connectivity index (χ4n) is 2.50. The van der Waals surface area contributed by atoms with Gasteiger partial charge in [0.2, 0.25) is 5.78 Å². The lowest BCUT2D eigenvalue weighted by Gasteiger charge is -2.12. The van der Waals surface area contributed by atoms with Crippen LogP contribution in [0.5, 0.6) is 0 Å². The van der Waals surface area contributed by atoms with Crippen LogP contribution in [0.4, 0.5) is 0 Å². The average Bonchev–Trinajstić information content (AvgIpc) is 3.16. The number of hydrogen-bond acceptors (Lipinski definition) is 4. The van der Waals surface area contributed by atoms with E-state index >= 15 is 0 Å². The number of benzene rings is 1. The first-order valence-electron chi connectivity index (χ1n) is 6.79. The minimum atomic E-state index is -0.400. The summed E-state index contributed by atoms with van der Waals surface area (Å²) in [4.78, 5) is 12.5. The number of aromatic nitrogens is 2. The van der Waals surface area contributed by atoms with E-state index in [1.165, 1.54) is 0 Å². The summed E-state index contributed by atoms with van der Waals surface area (Å²) < 4.78 is 7.33. The van der Waals surface area contributed by atoms with Gasteiger partial charge >= 0.3 is 0 Å². The molecule has 1 aliphatic rings. The van der Waals surface area contributed by atoms with Crippen molar-refractivity contribution in [2.75, 3.05) is 6.54 Å². The highest BCUT2D eigenvalue weighted by atomic mass is 16.5. The van der Waals surface area contributed by atoms with Gasteiger partial charge in [-0.25, -0.2) is 4.68 Å². The van der Waals surface area contributed by atoms with E-state index in [0.29, 0.717) is 12.2 Å². The monoisotopic (exact) mass is 271 g/mol. The van der Waals surface area contributed by atoms with Crippen LogP contribution in [0.1, 0.15) is 23.3 Å². The predicted octanol–water partition coefficient (Wildman–Crippen LogP) is 1.56. The summed E-state index contributed by atoms with van der Waals surface area (Å²) in [5, 5.41) is 4.23. The summed E-state index contributed by atoms with van der Waals surface area (Å²) in [6.45, 7) is 0.460. The van der Waals surface area contributed by atoms with E-state index < -0.39 is 6.10 Å². The Morgan fingerprint density at radius 3 is 2.80 bits per heavy atom. The van der Waals surface area contributed by atoms with Gasteiger partial charge in [0, 0.05) is 6.54 Å². The van der Waals surface area contributed by atoms with Crippen LogP contribution < -0.4 is 5.73 Å². The lowest BCUT2D eigenvalue weighted by molar-refractivity contribution is 0.0398. The Bertz CT molecular complexity index is 594. The largest absolute Gasteiger partial charge is 0.365 e. The first-order chi connectivity index (χ1) is 9.79. The SMILES string of the molecule is NCC1CCC(C(=O)c2ccnn2-c2ccccc2)O1. The Morgan fingerprint density at radius 2 is 2.10 bits per heavy atom. The number of carbonyl (C=O) groups is 1. The van der Waals surface area contributed by atoms with E-state index in [4.69, 9.17) is 10.5 Å². The minimum absolute atomic E-state index is 0.00273. The Kier molecular flexibility index (Phi) is 3.62. The fraction of sp³-hybridized carbons (Fsp3) is 0.333. The number of hydrogen-bond donors (Lipinski definition) is 1. The molecular formula is C15H17N3O2. The number of nitrogens with zero attached hydrogens (tertiary/aromatic N) is 2. The molecule has 0 amide bonds. The van der Waals surface area contributed by atoms with Crippen LogP contribution in [-0.4, -0.2) is 34.3 Å². The molecule has 1 aliphatic heterocycles. The molecule has 1 aromatic carbocycles. The quantitative estimate of drug-likeness (QED) is 0.857. The Morgan fingerprint density at radius 1 is 1.30 bits per heavy atom. The molecule has 1 saturated heterocycles. The molecule has 0 saturated carbocycles. The Labute approximate surface area is 117 Å². The summed E-state index contributed by atoms with van der Waals surface area (Å²) in [7, 11) is 0. The van der Waals surface area contributed by atoms with Crippen LogP contribution in [-0.2, 0) is 4.74 Å². The van der Waals surface area contributed by atoms with Gasteiger partial charge in [0.05, 0.1) is 18.0 Å². The predicted molar refractivity (Wildman–Crippen MR) is 74.8 cm³/mol. The van der Waals surface area contributed by atoms with Crippen molar-refractivity contribution >= 4 is 5.78 Å². The highest BCUT2D eigenvalue weighted by molar-refractivity contribution is 5.98. The van der Waals surface area contributed by atoms with E-state index in [1.807, 2.05) is 30.3 Å². The van der Waals surface area contributed by atoms with Crippen LogP contribution in [0, 0.1) is 0 Å². The third-order valence-electron chi connectivity index (χ3n) is 3.56. The van der Waals surface area contributed by atoms with Gasteiger partial charge in [0.1, 0.15) is 11.8 Å². The molecule has 3 rings (SSSR count).